The third-order valence-electron chi connectivity index (χ3n) is 1.19. The highest BCUT2D eigenvalue weighted by atomic mass is 19.3. The maximum absolute atomic E-state index is 12.5. The van der Waals surface area contributed by atoms with Crippen LogP contribution in [-0.2, 0) is 0 Å². The highest BCUT2D eigenvalue weighted by Gasteiger charge is 2.20. The van der Waals surface area contributed by atoms with Crippen molar-refractivity contribution in [1.29, 1.82) is 0 Å². The van der Waals surface area contributed by atoms with Crippen LogP contribution < -0.4 is 4.74 Å². The first-order valence-electron chi connectivity index (χ1n) is 3.25. The minimum atomic E-state index is -3.27. The summed E-state index contributed by atoms with van der Waals surface area (Å²) in [5, 5.41) is 10.2. The van der Waals surface area contributed by atoms with Gasteiger partial charge in [0.15, 0.2) is 12.0 Å². The molecule has 0 bridgehead atoms. The first-order valence-corrected chi connectivity index (χ1v) is 3.25. The van der Waals surface area contributed by atoms with Gasteiger partial charge in [0, 0.05) is 6.07 Å². The van der Waals surface area contributed by atoms with E-state index in [0.29, 0.717) is 12.3 Å². The van der Waals surface area contributed by atoms with Gasteiger partial charge in [0.25, 0.3) is 0 Å². The predicted octanol–water partition coefficient (Wildman–Crippen LogP) is 1.73. The van der Waals surface area contributed by atoms with Crippen LogP contribution in [0.3, 0.4) is 0 Å². The maximum atomic E-state index is 12.5. The molecule has 0 radical (unpaired) electrons. The number of ether oxygens (including phenoxy) is 1. The molecule has 1 aromatic rings. The molecule has 76 valence electrons. The van der Waals surface area contributed by atoms with Gasteiger partial charge in [-0.05, 0) is 9.91 Å². The first-order chi connectivity index (χ1) is 6.50. The molecule has 0 N–H and O–H groups in total. The minimum Gasteiger partial charge on any atom is -0.426 e. The monoisotopic (exact) mass is 208 g/mol. The summed E-state index contributed by atoms with van der Waals surface area (Å²) in [5.41, 5.74) is 0. The molecule has 0 fully saturated rings. The minimum absolute atomic E-state index is 0.470. The average molecular weight is 208 g/mol. The van der Waals surface area contributed by atoms with Crippen molar-refractivity contribution in [3.63, 3.8) is 0 Å². The molecular formula is C6H3F3N2O3. The van der Waals surface area contributed by atoms with Gasteiger partial charge in [0.2, 0.25) is 5.75 Å². The zero-order valence-corrected chi connectivity index (χ0v) is 6.49. The van der Waals surface area contributed by atoms with E-state index in [1.807, 2.05) is 0 Å². The third-order valence-corrected chi connectivity index (χ3v) is 1.19. The Hall–Kier alpha value is -1.86. The lowest BCUT2D eigenvalue weighted by molar-refractivity contribution is -0.391. The molecule has 1 heterocycles. The van der Waals surface area contributed by atoms with Crippen LogP contribution in [0, 0.1) is 15.9 Å². The second-order valence-corrected chi connectivity index (χ2v) is 2.11. The van der Waals surface area contributed by atoms with Gasteiger partial charge in [-0.2, -0.15) is 8.78 Å². The number of pyridine rings is 1. The van der Waals surface area contributed by atoms with Crippen molar-refractivity contribution in [2.45, 2.75) is 6.61 Å². The maximum Gasteiger partial charge on any atom is 0.406 e. The van der Waals surface area contributed by atoms with Crippen molar-refractivity contribution in [3.05, 3.63) is 28.2 Å². The largest absolute Gasteiger partial charge is 0.426 e. The summed E-state index contributed by atoms with van der Waals surface area (Å²) in [6.07, 6.45) is 0.538. The molecule has 1 aromatic heterocycles. The molecule has 0 aromatic carbocycles. The van der Waals surface area contributed by atoms with Gasteiger partial charge in [0.05, 0.1) is 0 Å². The molecule has 0 saturated heterocycles. The lowest BCUT2D eigenvalue weighted by Crippen LogP contribution is -2.06. The highest BCUT2D eigenvalue weighted by Crippen LogP contribution is 2.25. The molecular weight excluding hydrogens is 205 g/mol. The third kappa shape index (κ3) is 2.31. The number of hydrogen-bond acceptors (Lipinski definition) is 4. The van der Waals surface area contributed by atoms with Gasteiger partial charge in [0.1, 0.15) is 0 Å². The van der Waals surface area contributed by atoms with E-state index in [2.05, 4.69) is 9.72 Å². The summed E-state index contributed by atoms with van der Waals surface area (Å²) in [6.45, 7) is -3.27. The van der Waals surface area contributed by atoms with Crippen molar-refractivity contribution in [2.75, 3.05) is 0 Å². The van der Waals surface area contributed by atoms with Crippen LogP contribution in [-0.4, -0.2) is 16.5 Å². The fraction of sp³-hybridized carbons (Fsp3) is 0.167. The van der Waals surface area contributed by atoms with Crippen molar-refractivity contribution in [3.8, 4) is 5.75 Å². The first kappa shape index (κ1) is 10.2. The van der Waals surface area contributed by atoms with E-state index in [1.165, 1.54) is 0 Å². The zero-order chi connectivity index (χ0) is 10.7. The van der Waals surface area contributed by atoms with Crippen molar-refractivity contribution in [1.82, 2.24) is 4.98 Å². The summed E-state index contributed by atoms with van der Waals surface area (Å²) >= 11 is 0. The second-order valence-electron chi connectivity index (χ2n) is 2.11. The van der Waals surface area contributed by atoms with E-state index in [-0.39, 0.29) is 0 Å². The molecule has 0 unspecified atom stereocenters. The zero-order valence-electron chi connectivity index (χ0n) is 6.49. The number of hydrogen-bond donors (Lipinski definition) is 0. The molecule has 14 heavy (non-hydrogen) atoms. The Morgan fingerprint density at radius 2 is 2.21 bits per heavy atom. The average Bonchev–Trinajstić information content (AvgIpc) is 2.01. The number of halogens is 3. The predicted molar refractivity (Wildman–Crippen MR) is 37.5 cm³/mol. The molecule has 0 spiro atoms. The molecule has 0 saturated carbocycles. The SMILES string of the molecule is O=[N+]([O-])c1ncc(F)cc1OC(F)F. The van der Waals surface area contributed by atoms with Crippen LogP contribution in [0.2, 0.25) is 0 Å². The number of nitro groups is 1. The van der Waals surface area contributed by atoms with Gasteiger partial charge >= 0.3 is 12.4 Å². The molecule has 0 aliphatic carbocycles. The number of rotatable bonds is 3. The van der Waals surface area contributed by atoms with Gasteiger partial charge < -0.3 is 14.9 Å². The molecule has 5 nitrogen and oxygen atoms in total. The topological polar surface area (TPSA) is 65.3 Å². The summed E-state index contributed by atoms with van der Waals surface area (Å²) in [5.74, 6) is -2.84. The van der Waals surface area contributed by atoms with Crippen LogP contribution in [0.15, 0.2) is 12.3 Å². The fourth-order valence-corrected chi connectivity index (χ4v) is 0.733. The number of alkyl halides is 2. The standard InChI is InChI=1S/C6H3F3N2O3/c7-3-1-4(14-6(8)9)5(10-2-3)11(12)13/h1-2,6H. The van der Waals surface area contributed by atoms with E-state index >= 15 is 0 Å². The number of aromatic nitrogens is 1. The molecule has 8 heteroatoms. The molecule has 0 aliphatic rings. The Kier molecular flexibility index (Phi) is 2.85. The van der Waals surface area contributed by atoms with E-state index in [4.69, 9.17) is 0 Å². The smallest absolute Gasteiger partial charge is 0.406 e. The van der Waals surface area contributed by atoms with Crippen LogP contribution in [0.4, 0.5) is 19.0 Å². The Bertz CT molecular complexity index is 358. The van der Waals surface area contributed by atoms with E-state index < -0.39 is 28.9 Å². The van der Waals surface area contributed by atoms with Gasteiger partial charge in [-0.3, -0.25) is 0 Å². The van der Waals surface area contributed by atoms with Gasteiger partial charge in [-0.1, -0.05) is 0 Å². The summed E-state index contributed by atoms with van der Waals surface area (Å²) < 4.78 is 39.6. The summed E-state index contributed by atoms with van der Waals surface area (Å²) in [6, 6.07) is 0.470. The Balaban J connectivity index is 3.09. The number of nitrogens with zero attached hydrogens (tertiary/aromatic N) is 2. The second kappa shape index (κ2) is 3.90. The van der Waals surface area contributed by atoms with Crippen molar-refractivity contribution in [2.24, 2.45) is 0 Å². The van der Waals surface area contributed by atoms with Crippen LogP contribution in [0.1, 0.15) is 0 Å². The highest BCUT2D eigenvalue weighted by molar-refractivity contribution is 5.38. The lowest BCUT2D eigenvalue weighted by Gasteiger charge is -2.03. The molecule has 0 atom stereocenters. The molecule has 0 amide bonds. The Labute approximate surface area is 75.3 Å². The van der Waals surface area contributed by atoms with Crippen LogP contribution >= 0.6 is 0 Å². The van der Waals surface area contributed by atoms with E-state index in [1.54, 1.807) is 0 Å². The quantitative estimate of drug-likeness (QED) is 0.560. The van der Waals surface area contributed by atoms with E-state index in [0.717, 1.165) is 0 Å². The van der Waals surface area contributed by atoms with Gasteiger partial charge in [-0.25, -0.2) is 4.39 Å². The van der Waals surface area contributed by atoms with Crippen molar-refractivity contribution < 1.29 is 22.8 Å². The lowest BCUT2D eigenvalue weighted by atomic mass is 10.4. The fourth-order valence-electron chi connectivity index (χ4n) is 0.733. The van der Waals surface area contributed by atoms with Crippen LogP contribution in [0.5, 0.6) is 5.75 Å². The normalized spacial score (nSPS) is 10.3. The summed E-state index contributed by atoms with van der Waals surface area (Å²) in [4.78, 5) is 12.2. The Morgan fingerprint density at radius 1 is 1.57 bits per heavy atom. The summed E-state index contributed by atoms with van der Waals surface area (Å²) in [7, 11) is 0. The molecule has 0 aliphatic heterocycles. The van der Waals surface area contributed by atoms with Crippen molar-refractivity contribution >= 4 is 5.82 Å². The van der Waals surface area contributed by atoms with Gasteiger partial charge in [-0.15, -0.1) is 0 Å². The van der Waals surface area contributed by atoms with Crippen LogP contribution in [0.25, 0.3) is 0 Å². The Morgan fingerprint density at radius 3 is 2.71 bits per heavy atom. The van der Waals surface area contributed by atoms with E-state index in [9.17, 15) is 23.3 Å². The molecule has 1 rings (SSSR count).